The van der Waals surface area contributed by atoms with E-state index in [1.165, 1.54) is 11.1 Å². The van der Waals surface area contributed by atoms with Gasteiger partial charge in [-0.1, -0.05) is 19.9 Å². The summed E-state index contributed by atoms with van der Waals surface area (Å²) in [5.41, 5.74) is 7.67. The predicted octanol–water partition coefficient (Wildman–Crippen LogP) is 2.99. The average Bonchev–Trinajstić information content (AvgIpc) is 2.45. The molecule has 3 N–H and O–H groups in total. The molecular formula is C17H29ClN2O2. The number of nitrogens with one attached hydrogen (secondary N) is 1. The molecule has 0 aliphatic heterocycles. The van der Waals surface area contributed by atoms with Gasteiger partial charge in [0.05, 0.1) is 12.0 Å². The lowest BCUT2D eigenvalue weighted by atomic mass is 9.81. The maximum absolute atomic E-state index is 12.2. The molecule has 0 fully saturated rings. The van der Waals surface area contributed by atoms with Crippen LogP contribution in [0.3, 0.4) is 0 Å². The Bertz CT molecular complexity index is 445. The van der Waals surface area contributed by atoms with Crippen LogP contribution in [0.5, 0.6) is 5.75 Å². The number of benzene rings is 1. The molecule has 0 radical (unpaired) electrons. The molecule has 0 aliphatic carbocycles. The topological polar surface area (TPSA) is 64.4 Å². The summed E-state index contributed by atoms with van der Waals surface area (Å²) in [7, 11) is 0. The Labute approximate surface area is 140 Å². The van der Waals surface area contributed by atoms with Crippen molar-refractivity contribution in [2.45, 2.75) is 40.5 Å². The van der Waals surface area contributed by atoms with Crippen molar-refractivity contribution in [2.24, 2.45) is 11.1 Å². The van der Waals surface area contributed by atoms with E-state index in [0.717, 1.165) is 18.6 Å². The van der Waals surface area contributed by atoms with Gasteiger partial charge in [-0.05, 0) is 49.9 Å². The second-order valence-electron chi connectivity index (χ2n) is 5.62. The minimum Gasteiger partial charge on any atom is -0.492 e. The molecule has 1 amide bonds. The fourth-order valence-corrected chi connectivity index (χ4v) is 2.49. The number of carbonyl (C=O) groups excluding carboxylic acids is 1. The molecule has 1 aromatic carbocycles. The highest BCUT2D eigenvalue weighted by molar-refractivity contribution is 5.85. The molecule has 126 valence electrons. The minimum absolute atomic E-state index is 0. The molecule has 0 spiro atoms. The SMILES string of the molecule is CCC(CC)(CN)C(=O)NCCOc1cc(C)cc(C)c1.Cl. The number of rotatable bonds is 8. The first-order chi connectivity index (χ1) is 9.97. The summed E-state index contributed by atoms with van der Waals surface area (Å²) < 4.78 is 5.69. The Balaban J connectivity index is 0.00000441. The van der Waals surface area contributed by atoms with E-state index in [-0.39, 0.29) is 18.3 Å². The normalized spacial score (nSPS) is 10.8. The summed E-state index contributed by atoms with van der Waals surface area (Å²) in [6.45, 7) is 9.42. The fraction of sp³-hybridized carbons (Fsp3) is 0.588. The van der Waals surface area contributed by atoms with Crippen molar-refractivity contribution in [1.82, 2.24) is 5.32 Å². The Hall–Kier alpha value is -1.26. The number of hydrogen-bond acceptors (Lipinski definition) is 3. The van der Waals surface area contributed by atoms with E-state index >= 15 is 0 Å². The molecular weight excluding hydrogens is 300 g/mol. The van der Waals surface area contributed by atoms with Crippen molar-refractivity contribution in [3.05, 3.63) is 29.3 Å². The van der Waals surface area contributed by atoms with Crippen molar-refractivity contribution < 1.29 is 9.53 Å². The van der Waals surface area contributed by atoms with Gasteiger partial charge in [0.2, 0.25) is 5.91 Å². The van der Waals surface area contributed by atoms with Crippen molar-refractivity contribution >= 4 is 18.3 Å². The maximum atomic E-state index is 12.2. The number of halogens is 1. The van der Waals surface area contributed by atoms with Crippen LogP contribution < -0.4 is 15.8 Å². The predicted molar refractivity (Wildman–Crippen MR) is 93.7 cm³/mol. The second kappa shape index (κ2) is 9.70. The van der Waals surface area contributed by atoms with Gasteiger partial charge < -0.3 is 15.8 Å². The molecule has 1 aromatic rings. The van der Waals surface area contributed by atoms with Crippen molar-refractivity contribution in [1.29, 1.82) is 0 Å². The van der Waals surface area contributed by atoms with Gasteiger partial charge in [-0.3, -0.25) is 4.79 Å². The molecule has 1 rings (SSSR count). The van der Waals surface area contributed by atoms with Gasteiger partial charge >= 0.3 is 0 Å². The van der Waals surface area contributed by atoms with Crippen LogP contribution in [0.25, 0.3) is 0 Å². The summed E-state index contributed by atoms with van der Waals surface area (Å²) in [5.74, 6) is 0.872. The van der Waals surface area contributed by atoms with Crippen molar-refractivity contribution in [2.75, 3.05) is 19.7 Å². The first kappa shape index (κ1) is 20.7. The Morgan fingerprint density at radius 3 is 2.18 bits per heavy atom. The first-order valence-electron chi connectivity index (χ1n) is 7.67. The molecule has 0 saturated heterocycles. The van der Waals surface area contributed by atoms with Crippen LogP contribution >= 0.6 is 12.4 Å². The number of amides is 1. The average molecular weight is 329 g/mol. The largest absolute Gasteiger partial charge is 0.492 e. The van der Waals surface area contributed by atoms with E-state index in [0.29, 0.717) is 19.7 Å². The third kappa shape index (κ3) is 5.50. The van der Waals surface area contributed by atoms with Crippen LogP contribution in [0.2, 0.25) is 0 Å². The number of carbonyl (C=O) groups is 1. The Morgan fingerprint density at radius 1 is 1.18 bits per heavy atom. The van der Waals surface area contributed by atoms with Crippen LogP contribution in [0.1, 0.15) is 37.8 Å². The summed E-state index contributed by atoms with van der Waals surface area (Å²) >= 11 is 0. The van der Waals surface area contributed by atoms with Gasteiger partial charge in [0, 0.05) is 6.54 Å². The van der Waals surface area contributed by atoms with E-state index in [1.807, 2.05) is 39.8 Å². The van der Waals surface area contributed by atoms with Crippen LogP contribution in [-0.2, 0) is 4.79 Å². The molecule has 22 heavy (non-hydrogen) atoms. The summed E-state index contributed by atoms with van der Waals surface area (Å²) in [5, 5.41) is 2.93. The first-order valence-corrected chi connectivity index (χ1v) is 7.67. The van der Waals surface area contributed by atoms with E-state index < -0.39 is 5.41 Å². The molecule has 5 heteroatoms. The molecule has 0 aliphatic rings. The molecule has 0 heterocycles. The highest BCUT2D eigenvalue weighted by Gasteiger charge is 2.32. The Morgan fingerprint density at radius 2 is 1.73 bits per heavy atom. The second-order valence-corrected chi connectivity index (χ2v) is 5.62. The maximum Gasteiger partial charge on any atom is 0.227 e. The molecule has 0 atom stereocenters. The van der Waals surface area contributed by atoms with E-state index in [4.69, 9.17) is 10.5 Å². The standard InChI is InChI=1S/C17H28N2O2.ClH/c1-5-17(6-2,12-18)16(20)19-7-8-21-15-10-13(3)9-14(4)11-15;/h9-11H,5-8,12,18H2,1-4H3,(H,19,20);1H. The fourth-order valence-electron chi connectivity index (χ4n) is 2.49. The zero-order valence-electron chi connectivity index (χ0n) is 14.1. The van der Waals surface area contributed by atoms with E-state index in [1.54, 1.807) is 0 Å². The zero-order valence-corrected chi connectivity index (χ0v) is 14.9. The van der Waals surface area contributed by atoms with Gasteiger partial charge in [0.1, 0.15) is 12.4 Å². The van der Waals surface area contributed by atoms with Crippen LogP contribution in [-0.4, -0.2) is 25.6 Å². The smallest absolute Gasteiger partial charge is 0.227 e. The lowest BCUT2D eigenvalue weighted by Gasteiger charge is -2.28. The molecule has 0 aromatic heterocycles. The Kier molecular flexibility index (Phi) is 9.14. The van der Waals surface area contributed by atoms with Gasteiger partial charge in [-0.15, -0.1) is 12.4 Å². The zero-order chi connectivity index (χ0) is 15.9. The van der Waals surface area contributed by atoms with Crippen LogP contribution in [0.4, 0.5) is 0 Å². The summed E-state index contributed by atoms with van der Waals surface area (Å²) in [4.78, 5) is 12.2. The number of ether oxygens (including phenoxy) is 1. The highest BCUT2D eigenvalue weighted by atomic mass is 35.5. The highest BCUT2D eigenvalue weighted by Crippen LogP contribution is 2.24. The third-order valence-electron chi connectivity index (χ3n) is 4.08. The lowest BCUT2D eigenvalue weighted by Crippen LogP contribution is -2.46. The third-order valence-corrected chi connectivity index (χ3v) is 4.08. The quantitative estimate of drug-likeness (QED) is 0.721. The van der Waals surface area contributed by atoms with E-state index in [2.05, 4.69) is 11.4 Å². The van der Waals surface area contributed by atoms with Crippen molar-refractivity contribution in [3.8, 4) is 5.75 Å². The minimum atomic E-state index is -0.445. The summed E-state index contributed by atoms with van der Waals surface area (Å²) in [6.07, 6.45) is 1.51. The lowest BCUT2D eigenvalue weighted by molar-refractivity contribution is -0.131. The number of aryl methyl sites for hydroxylation is 2. The van der Waals surface area contributed by atoms with Gasteiger partial charge in [0.25, 0.3) is 0 Å². The van der Waals surface area contributed by atoms with Gasteiger partial charge in [-0.2, -0.15) is 0 Å². The van der Waals surface area contributed by atoms with E-state index in [9.17, 15) is 4.79 Å². The van der Waals surface area contributed by atoms with Gasteiger partial charge in [-0.25, -0.2) is 0 Å². The number of nitrogens with two attached hydrogens (primary N) is 1. The number of hydrogen-bond donors (Lipinski definition) is 2. The molecule has 0 bridgehead atoms. The molecule has 0 saturated carbocycles. The van der Waals surface area contributed by atoms with Crippen LogP contribution in [0.15, 0.2) is 18.2 Å². The monoisotopic (exact) mass is 328 g/mol. The van der Waals surface area contributed by atoms with Crippen LogP contribution in [0, 0.1) is 19.3 Å². The van der Waals surface area contributed by atoms with Crippen molar-refractivity contribution in [3.63, 3.8) is 0 Å². The summed E-state index contributed by atoms with van der Waals surface area (Å²) in [6, 6.07) is 6.10. The van der Waals surface area contributed by atoms with Gasteiger partial charge in [0.15, 0.2) is 0 Å². The molecule has 4 nitrogen and oxygen atoms in total. The molecule has 0 unspecified atom stereocenters.